The predicted octanol–water partition coefficient (Wildman–Crippen LogP) is 0.462. The van der Waals surface area contributed by atoms with Gasteiger partial charge in [0.05, 0.1) is 18.0 Å². The van der Waals surface area contributed by atoms with E-state index in [0.29, 0.717) is 12.1 Å². The van der Waals surface area contributed by atoms with Crippen LogP contribution in [0.5, 0.6) is 0 Å². The molecule has 13 heavy (non-hydrogen) atoms. The molecular formula is C9H15N3O. The van der Waals surface area contributed by atoms with E-state index in [0.717, 1.165) is 6.54 Å². The van der Waals surface area contributed by atoms with Crippen LogP contribution < -0.4 is 0 Å². The Bertz CT molecular complexity index is 238. The third kappa shape index (κ3) is 3.48. The summed E-state index contributed by atoms with van der Waals surface area (Å²) in [6.45, 7) is 0.845. The molecule has 0 fully saturated rings. The van der Waals surface area contributed by atoms with Gasteiger partial charge in [0.2, 0.25) is 0 Å². The number of aliphatic hydroxyl groups excluding tert-OH is 1. The largest absolute Gasteiger partial charge is 0.387 e. The van der Waals surface area contributed by atoms with Crippen molar-refractivity contribution in [3.63, 3.8) is 0 Å². The van der Waals surface area contributed by atoms with Crippen LogP contribution in [0.1, 0.15) is 18.2 Å². The molecule has 0 saturated heterocycles. The molecule has 0 aliphatic heterocycles. The Labute approximate surface area is 78.2 Å². The van der Waals surface area contributed by atoms with Gasteiger partial charge in [-0.1, -0.05) is 0 Å². The minimum Gasteiger partial charge on any atom is -0.387 e. The van der Waals surface area contributed by atoms with Gasteiger partial charge in [0.25, 0.3) is 0 Å². The van der Waals surface area contributed by atoms with Crippen LogP contribution in [0.15, 0.2) is 18.6 Å². The molecule has 72 valence electrons. The number of hydrogen-bond acceptors (Lipinski definition) is 4. The Kier molecular flexibility index (Phi) is 3.79. The summed E-state index contributed by atoms with van der Waals surface area (Å²) in [5.41, 5.74) is 0.643. The van der Waals surface area contributed by atoms with Crippen LogP contribution in [0.4, 0.5) is 0 Å². The summed E-state index contributed by atoms with van der Waals surface area (Å²) in [5.74, 6) is 0. The van der Waals surface area contributed by atoms with Gasteiger partial charge in [-0.3, -0.25) is 9.97 Å². The second-order valence-corrected chi connectivity index (χ2v) is 3.24. The maximum absolute atomic E-state index is 9.64. The highest BCUT2D eigenvalue weighted by Gasteiger charge is 2.08. The van der Waals surface area contributed by atoms with Gasteiger partial charge in [-0.2, -0.15) is 0 Å². The van der Waals surface area contributed by atoms with Crippen LogP contribution in [0, 0.1) is 0 Å². The van der Waals surface area contributed by atoms with Crippen molar-refractivity contribution in [1.82, 2.24) is 14.9 Å². The fraction of sp³-hybridized carbons (Fsp3) is 0.556. The third-order valence-electron chi connectivity index (χ3n) is 1.77. The summed E-state index contributed by atoms with van der Waals surface area (Å²) in [7, 11) is 3.95. The molecule has 0 aromatic carbocycles. The summed E-state index contributed by atoms with van der Waals surface area (Å²) >= 11 is 0. The summed E-state index contributed by atoms with van der Waals surface area (Å²) in [5, 5.41) is 9.64. The lowest BCUT2D eigenvalue weighted by molar-refractivity contribution is 0.149. The van der Waals surface area contributed by atoms with Crippen molar-refractivity contribution in [2.75, 3.05) is 20.6 Å². The zero-order valence-electron chi connectivity index (χ0n) is 8.01. The van der Waals surface area contributed by atoms with Crippen LogP contribution in [-0.4, -0.2) is 40.6 Å². The Morgan fingerprint density at radius 1 is 1.46 bits per heavy atom. The second kappa shape index (κ2) is 4.89. The molecule has 0 bridgehead atoms. The zero-order chi connectivity index (χ0) is 9.68. The second-order valence-electron chi connectivity index (χ2n) is 3.24. The first-order valence-corrected chi connectivity index (χ1v) is 4.29. The van der Waals surface area contributed by atoms with E-state index in [2.05, 4.69) is 9.97 Å². The average molecular weight is 181 g/mol. The fourth-order valence-electron chi connectivity index (χ4n) is 1.01. The minimum atomic E-state index is -0.504. The molecule has 1 atom stereocenters. The molecule has 1 aromatic heterocycles. The predicted molar refractivity (Wildman–Crippen MR) is 50.2 cm³/mol. The summed E-state index contributed by atoms with van der Waals surface area (Å²) < 4.78 is 0. The van der Waals surface area contributed by atoms with E-state index in [4.69, 9.17) is 0 Å². The molecule has 1 aromatic rings. The summed E-state index contributed by atoms with van der Waals surface area (Å²) in [4.78, 5) is 9.95. The van der Waals surface area contributed by atoms with Gasteiger partial charge >= 0.3 is 0 Å². The molecule has 0 aliphatic carbocycles. The van der Waals surface area contributed by atoms with Crippen molar-refractivity contribution < 1.29 is 5.11 Å². The number of hydrogen-bond donors (Lipinski definition) is 1. The van der Waals surface area contributed by atoms with Gasteiger partial charge in [0.15, 0.2) is 0 Å². The lowest BCUT2D eigenvalue weighted by atomic mass is 10.2. The third-order valence-corrected chi connectivity index (χ3v) is 1.77. The summed E-state index contributed by atoms with van der Waals surface area (Å²) in [6.07, 6.45) is 4.97. The lowest BCUT2D eigenvalue weighted by Gasteiger charge is -2.13. The van der Waals surface area contributed by atoms with E-state index in [9.17, 15) is 5.11 Å². The van der Waals surface area contributed by atoms with E-state index < -0.39 is 6.10 Å². The van der Waals surface area contributed by atoms with Crippen LogP contribution in [-0.2, 0) is 0 Å². The Morgan fingerprint density at radius 2 is 2.23 bits per heavy atom. The SMILES string of the molecule is CN(C)CCC(O)c1cnccn1. The highest BCUT2D eigenvalue weighted by molar-refractivity contribution is 4.98. The van der Waals surface area contributed by atoms with Gasteiger partial charge in [0.1, 0.15) is 0 Å². The van der Waals surface area contributed by atoms with Crippen molar-refractivity contribution in [1.29, 1.82) is 0 Å². The van der Waals surface area contributed by atoms with Crippen molar-refractivity contribution >= 4 is 0 Å². The van der Waals surface area contributed by atoms with Gasteiger partial charge < -0.3 is 10.0 Å². The minimum absolute atomic E-state index is 0.504. The molecule has 4 nitrogen and oxygen atoms in total. The van der Waals surface area contributed by atoms with Crippen LogP contribution >= 0.6 is 0 Å². The topological polar surface area (TPSA) is 49.2 Å². The number of rotatable bonds is 4. The molecular weight excluding hydrogens is 166 g/mol. The first-order chi connectivity index (χ1) is 6.20. The molecule has 1 unspecified atom stereocenters. The van der Waals surface area contributed by atoms with E-state index in [-0.39, 0.29) is 0 Å². The molecule has 4 heteroatoms. The lowest BCUT2D eigenvalue weighted by Crippen LogP contribution is -2.16. The Morgan fingerprint density at radius 3 is 2.77 bits per heavy atom. The van der Waals surface area contributed by atoms with Crippen molar-refractivity contribution in [3.8, 4) is 0 Å². The van der Waals surface area contributed by atoms with E-state index in [1.165, 1.54) is 0 Å². The summed E-state index contributed by atoms with van der Waals surface area (Å²) in [6, 6.07) is 0. The maximum Gasteiger partial charge on any atom is 0.0987 e. The molecule has 1 N–H and O–H groups in total. The van der Waals surface area contributed by atoms with Crippen molar-refractivity contribution in [3.05, 3.63) is 24.3 Å². The molecule has 0 amide bonds. The fourth-order valence-corrected chi connectivity index (χ4v) is 1.01. The number of nitrogens with zero attached hydrogens (tertiary/aromatic N) is 3. The van der Waals surface area contributed by atoms with Crippen molar-refractivity contribution in [2.24, 2.45) is 0 Å². The normalized spacial score (nSPS) is 13.2. The molecule has 0 spiro atoms. The number of aromatic nitrogens is 2. The Balaban J connectivity index is 2.44. The molecule has 0 saturated carbocycles. The Hall–Kier alpha value is -1.00. The highest BCUT2D eigenvalue weighted by Crippen LogP contribution is 2.11. The monoisotopic (exact) mass is 181 g/mol. The molecule has 0 radical (unpaired) electrons. The molecule has 1 rings (SSSR count). The van der Waals surface area contributed by atoms with Crippen molar-refractivity contribution in [2.45, 2.75) is 12.5 Å². The molecule has 0 aliphatic rings. The van der Waals surface area contributed by atoms with Crippen LogP contribution in [0.3, 0.4) is 0 Å². The quantitative estimate of drug-likeness (QED) is 0.733. The molecule has 1 heterocycles. The standard InChI is InChI=1S/C9H15N3O/c1-12(2)6-3-9(13)8-7-10-4-5-11-8/h4-5,7,9,13H,3,6H2,1-2H3. The average Bonchev–Trinajstić information content (AvgIpc) is 2.15. The number of aliphatic hydroxyl groups is 1. The maximum atomic E-state index is 9.64. The van der Waals surface area contributed by atoms with Gasteiger partial charge in [-0.25, -0.2) is 0 Å². The zero-order valence-corrected chi connectivity index (χ0v) is 8.01. The smallest absolute Gasteiger partial charge is 0.0987 e. The van der Waals surface area contributed by atoms with E-state index in [1.54, 1.807) is 18.6 Å². The first-order valence-electron chi connectivity index (χ1n) is 4.29. The van der Waals surface area contributed by atoms with Crippen LogP contribution in [0.25, 0.3) is 0 Å². The van der Waals surface area contributed by atoms with Crippen LogP contribution in [0.2, 0.25) is 0 Å². The van der Waals surface area contributed by atoms with E-state index in [1.807, 2.05) is 19.0 Å². The van der Waals surface area contributed by atoms with Gasteiger partial charge in [0, 0.05) is 18.9 Å². The first kappa shape index (κ1) is 10.1. The van der Waals surface area contributed by atoms with Gasteiger partial charge in [-0.05, 0) is 20.5 Å². The van der Waals surface area contributed by atoms with Gasteiger partial charge in [-0.15, -0.1) is 0 Å². The highest BCUT2D eigenvalue weighted by atomic mass is 16.3. The van der Waals surface area contributed by atoms with E-state index >= 15 is 0 Å².